The molecule has 0 heterocycles. The summed E-state index contributed by atoms with van der Waals surface area (Å²) < 4.78 is 1.02. The summed E-state index contributed by atoms with van der Waals surface area (Å²) in [7, 11) is 0. The Morgan fingerprint density at radius 3 is 2.80 bits per heavy atom. The van der Waals surface area contributed by atoms with Crippen molar-refractivity contribution in [3.8, 4) is 0 Å². The number of aliphatic hydroxyl groups excluding tert-OH is 1. The second-order valence-corrected chi connectivity index (χ2v) is 4.47. The molecule has 1 nitrogen and oxygen atoms in total. The van der Waals surface area contributed by atoms with Gasteiger partial charge in [-0.25, -0.2) is 0 Å². The zero-order valence-corrected chi connectivity index (χ0v) is 10.00. The number of aryl methyl sites for hydroxylation is 1. The fraction of sp³-hybridized carbons (Fsp3) is 0.231. The molecule has 0 bridgehead atoms. The molecule has 1 aromatic rings. The number of hydrogen-bond donors (Lipinski definition) is 1. The van der Waals surface area contributed by atoms with E-state index < -0.39 is 6.10 Å². The first kappa shape index (κ1) is 10.7. The molecule has 1 aromatic carbocycles. The molecule has 1 unspecified atom stereocenters. The lowest BCUT2D eigenvalue weighted by Gasteiger charge is -2.22. The van der Waals surface area contributed by atoms with Crippen LogP contribution in [-0.2, 0) is 6.42 Å². The van der Waals surface area contributed by atoms with Crippen LogP contribution in [0.5, 0.6) is 0 Å². The van der Waals surface area contributed by atoms with Crippen LogP contribution in [0.3, 0.4) is 0 Å². The van der Waals surface area contributed by atoms with Crippen LogP contribution in [0, 0.1) is 0 Å². The molecule has 0 radical (unpaired) electrons. The third-order valence-corrected chi connectivity index (χ3v) is 3.72. The third-order valence-electron chi connectivity index (χ3n) is 2.78. The number of halogens is 1. The molecular formula is C13H13BrO. The van der Waals surface area contributed by atoms with Crippen LogP contribution in [0.2, 0.25) is 0 Å². The first-order chi connectivity index (χ1) is 7.24. The van der Waals surface area contributed by atoms with E-state index in [4.69, 9.17) is 0 Å². The zero-order chi connectivity index (χ0) is 10.8. The van der Waals surface area contributed by atoms with Gasteiger partial charge in [0.1, 0.15) is 0 Å². The molecule has 2 rings (SSSR count). The molecule has 0 spiro atoms. The van der Waals surface area contributed by atoms with Gasteiger partial charge in [0.05, 0.1) is 6.10 Å². The van der Waals surface area contributed by atoms with Crippen LogP contribution in [0.25, 0.3) is 4.48 Å². The largest absolute Gasteiger partial charge is 0.385 e. The highest BCUT2D eigenvalue weighted by Gasteiger charge is 2.19. The molecule has 0 aliphatic heterocycles. The van der Waals surface area contributed by atoms with Crippen LogP contribution < -0.4 is 0 Å². The van der Waals surface area contributed by atoms with Crippen molar-refractivity contribution in [1.29, 1.82) is 0 Å². The maximum atomic E-state index is 9.77. The van der Waals surface area contributed by atoms with E-state index in [9.17, 15) is 5.11 Å². The molecule has 0 saturated carbocycles. The van der Waals surface area contributed by atoms with Crippen molar-refractivity contribution in [3.63, 3.8) is 0 Å². The molecular weight excluding hydrogens is 252 g/mol. The molecule has 0 fully saturated rings. The van der Waals surface area contributed by atoms with Crippen LogP contribution >= 0.6 is 15.9 Å². The van der Waals surface area contributed by atoms with E-state index in [1.54, 1.807) is 6.08 Å². The fourth-order valence-corrected chi connectivity index (χ4v) is 2.74. The average Bonchev–Trinajstić information content (AvgIpc) is 2.29. The standard InChI is InChI=1S/C13H13BrO/c1-2-12(15)11-8-7-9-5-3-4-6-10(9)13(11)14/h2-6,12,15H,1,7-8H2. The highest BCUT2D eigenvalue weighted by atomic mass is 79.9. The van der Waals surface area contributed by atoms with Crippen molar-refractivity contribution in [2.75, 3.05) is 0 Å². The topological polar surface area (TPSA) is 20.2 Å². The minimum absolute atomic E-state index is 0.535. The summed E-state index contributed by atoms with van der Waals surface area (Å²) in [6.45, 7) is 3.62. The van der Waals surface area contributed by atoms with Gasteiger partial charge in [0.2, 0.25) is 0 Å². The maximum absolute atomic E-state index is 9.77. The van der Waals surface area contributed by atoms with Gasteiger partial charge >= 0.3 is 0 Å². The lowest BCUT2D eigenvalue weighted by molar-refractivity contribution is 0.255. The Hall–Kier alpha value is -0.860. The van der Waals surface area contributed by atoms with E-state index in [-0.39, 0.29) is 0 Å². The summed E-state index contributed by atoms with van der Waals surface area (Å²) in [6, 6.07) is 8.28. The first-order valence-electron chi connectivity index (χ1n) is 5.01. The molecule has 1 aliphatic carbocycles. The predicted molar refractivity (Wildman–Crippen MR) is 66.8 cm³/mol. The van der Waals surface area contributed by atoms with Gasteiger partial charge < -0.3 is 5.11 Å². The van der Waals surface area contributed by atoms with E-state index in [1.807, 2.05) is 12.1 Å². The summed E-state index contributed by atoms with van der Waals surface area (Å²) in [5.74, 6) is 0. The van der Waals surface area contributed by atoms with E-state index in [1.165, 1.54) is 11.1 Å². The number of benzene rings is 1. The highest BCUT2D eigenvalue weighted by Crippen LogP contribution is 2.36. The third kappa shape index (κ3) is 1.92. The lowest BCUT2D eigenvalue weighted by Crippen LogP contribution is -2.12. The van der Waals surface area contributed by atoms with Crippen molar-refractivity contribution in [3.05, 3.63) is 53.6 Å². The number of fused-ring (bicyclic) bond motifs is 1. The van der Waals surface area contributed by atoms with E-state index >= 15 is 0 Å². The van der Waals surface area contributed by atoms with Gasteiger partial charge in [0.25, 0.3) is 0 Å². The molecule has 1 aliphatic rings. The lowest BCUT2D eigenvalue weighted by atomic mass is 9.90. The Morgan fingerprint density at radius 1 is 1.33 bits per heavy atom. The first-order valence-corrected chi connectivity index (χ1v) is 5.80. The number of hydrogen-bond acceptors (Lipinski definition) is 1. The number of rotatable bonds is 2. The van der Waals surface area contributed by atoms with Crippen molar-refractivity contribution in [2.24, 2.45) is 0 Å². The minimum Gasteiger partial charge on any atom is -0.385 e. The highest BCUT2D eigenvalue weighted by molar-refractivity contribution is 9.15. The van der Waals surface area contributed by atoms with Crippen LogP contribution in [-0.4, -0.2) is 11.2 Å². The van der Waals surface area contributed by atoms with Gasteiger partial charge in [-0.1, -0.05) is 46.3 Å². The average molecular weight is 265 g/mol. The molecule has 1 atom stereocenters. The summed E-state index contributed by atoms with van der Waals surface area (Å²) >= 11 is 3.57. The van der Waals surface area contributed by atoms with Gasteiger partial charge in [0, 0.05) is 4.48 Å². The van der Waals surface area contributed by atoms with Gasteiger partial charge in [-0.3, -0.25) is 0 Å². The Balaban J connectivity index is 2.49. The molecule has 1 N–H and O–H groups in total. The number of aliphatic hydroxyl groups is 1. The predicted octanol–water partition coefficient (Wildman–Crippen LogP) is 3.29. The molecule has 15 heavy (non-hydrogen) atoms. The summed E-state index contributed by atoms with van der Waals surface area (Å²) in [5, 5.41) is 9.77. The monoisotopic (exact) mass is 264 g/mol. The van der Waals surface area contributed by atoms with Gasteiger partial charge in [-0.05, 0) is 29.5 Å². The Bertz CT molecular complexity index is 420. The molecule has 0 saturated heterocycles. The van der Waals surface area contributed by atoms with Crippen molar-refractivity contribution in [2.45, 2.75) is 18.9 Å². The van der Waals surface area contributed by atoms with Crippen molar-refractivity contribution >= 4 is 20.4 Å². The van der Waals surface area contributed by atoms with Gasteiger partial charge in [-0.15, -0.1) is 6.58 Å². The van der Waals surface area contributed by atoms with Crippen LogP contribution in [0.1, 0.15) is 17.5 Å². The molecule has 0 amide bonds. The maximum Gasteiger partial charge on any atom is 0.0943 e. The quantitative estimate of drug-likeness (QED) is 0.813. The smallest absolute Gasteiger partial charge is 0.0943 e. The normalized spacial score (nSPS) is 17.2. The summed E-state index contributed by atoms with van der Waals surface area (Å²) in [4.78, 5) is 0. The molecule has 78 valence electrons. The van der Waals surface area contributed by atoms with Crippen LogP contribution in [0.15, 0.2) is 42.5 Å². The Kier molecular flexibility index (Phi) is 3.08. The Labute approximate surface area is 98.3 Å². The SMILES string of the molecule is C=CC(O)C1=C(Br)c2ccccc2CC1. The van der Waals surface area contributed by atoms with E-state index in [0.29, 0.717) is 0 Å². The second-order valence-electron chi connectivity index (χ2n) is 3.68. The van der Waals surface area contributed by atoms with Crippen LogP contribution in [0.4, 0.5) is 0 Å². The van der Waals surface area contributed by atoms with E-state index in [2.05, 4.69) is 34.6 Å². The van der Waals surface area contributed by atoms with E-state index in [0.717, 1.165) is 22.9 Å². The fourth-order valence-electron chi connectivity index (χ4n) is 1.92. The zero-order valence-electron chi connectivity index (χ0n) is 8.41. The summed E-state index contributed by atoms with van der Waals surface area (Å²) in [5.41, 5.74) is 3.56. The Morgan fingerprint density at radius 2 is 2.07 bits per heavy atom. The van der Waals surface area contributed by atoms with Gasteiger partial charge in [-0.2, -0.15) is 0 Å². The molecule has 2 heteroatoms. The minimum atomic E-state index is -0.535. The summed E-state index contributed by atoms with van der Waals surface area (Å²) in [6.07, 6.45) is 2.92. The second kappa shape index (κ2) is 4.33. The van der Waals surface area contributed by atoms with Crippen molar-refractivity contribution < 1.29 is 5.11 Å². The van der Waals surface area contributed by atoms with Crippen molar-refractivity contribution in [1.82, 2.24) is 0 Å². The van der Waals surface area contributed by atoms with Gasteiger partial charge in [0.15, 0.2) is 0 Å². The molecule has 0 aromatic heterocycles.